The molecule has 2 heteroatoms. The van der Waals surface area contributed by atoms with Crippen LogP contribution in [0, 0.1) is 0 Å². The Balaban J connectivity index is 0. The molecule has 0 saturated heterocycles. The van der Waals surface area contributed by atoms with Crippen LogP contribution in [0.15, 0.2) is 0 Å². The van der Waals surface area contributed by atoms with Gasteiger partial charge in [-0.05, 0) is 12.8 Å². The molecule has 0 amide bonds. The van der Waals surface area contributed by atoms with E-state index in [9.17, 15) is 0 Å². The summed E-state index contributed by atoms with van der Waals surface area (Å²) in [5.41, 5.74) is 0. The molecule has 0 aromatic carbocycles. The molecule has 0 aliphatic carbocycles. The predicted octanol–water partition coefficient (Wildman–Crippen LogP) is 1.99. The molecule has 0 unspecified atom stereocenters. The van der Waals surface area contributed by atoms with Gasteiger partial charge in [-0.15, -0.1) is 0 Å². The van der Waals surface area contributed by atoms with E-state index in [-0.39, 0.29) is 0 Å². The summed E-state index contributed by atoms with van der Waals surface area (Å²) in [6, 6.07) is 0. The fourth-order valence-electron chi connectivity index (χ4n) is 0.319. The van der Waals surface area contributed by atoms with Crippen molar-refractivity contribution in [1.82, 2.24) is 5.32 Å². The van der Waals surface area contributed by atoms with E-state index in [1.54, 1.807) is 0 Å². The number of hydrogen-bond acceptors (Lipinski definition) is 2. The SMILES string of the molecule is CC.CCSCCNC. The summed E-state index contributed by atoms with van der Waals surface area (Å²) in [6.07, 6.45) is 0. The Bertz CT molecular complexity index is 28.1. The van der Waals surface area contributed by atoms with Crippen LogP contribution < -0.4 is 5.32 Å². The van der Waals surface area contributed by atoms with Crippen LogP contribution in [0.3, 0.4) is 0 Å². The van der Waals surface area contributed by atoms with Gasteiger partial charge in [-0.2, -0.15) is 11.8 Å². The van der Waals surface area contributed by atoms with Crippen molar-refractivity contribution in [2.45, 2.75) is 20.8 Å². The Morgan fingerprint density at radius 2 is 1.89 bits per heavy atom. The average molecular weight is 149 g/mol. The third kappa shape index (κ3) is 17.8. The van der Waals surface area contributed by atoms with E-state index in [1.165, 1.54) is 11.5 Å². The van der Waals surface area contributed by atoms with E-state index in [0.29, 0.717) is 0 Å². The standard InChI is InChI=1S/C5H13NS.C2H6/c1-3-7-5-4-6-2;1-2/h6H,3-5H2,1-2H3;1-2H3. The molecule has 0 atom stereocenters. The lowest BCUT2D eigenvalue weighted by atomic mass is 10.8. The lowest BCUT2D eigenvalue weighted by molar-refractivity contribution is 0.872. The molecule has 0 radical (unpaired) electrons. The topological polar surface area (TPSA) is 12.0 Å². The predicted molar refractivity (Wildman–Crippen MR) is 48.3 cm³/mol. The Hall–Kier alpha value is 0.310. The summed E-state index contributed by atoms with van der Waals surface area (Å²) in [4.78, 5) is 0. The second-order valence-electron chi connectivity index (χ2n) is 1.30. The minimum atomic E-state index is 1.14. The van der Waals surface area contributed by atoms with Crippen LogP contribution in [-0.4, -0.2) is 25.1 Å². The van der Waals surface area contributed by atoms with Crippen molar-refractivity contribution in [1.29, 1.82) is 0 Å². The van der Waals surface area contributed by atoms with E-state index >= 15 is 0 Å². The van der Waals surface area contributed by atoms with Crippen LogP contribution in [0.25, 0.3) is 0 Å². The first-order valence-corrected chi connectivity index (χ1v) is 4.79. The third-order valence-electron chi connectivity index (χ3n) is 0.701. The normalized spacial score (nSPS) is 8.00. The number of thioether (sulfide) groups is 1. The van der Waals surface area contributed by atoms with E-state index in [0.717, 1.165) is 6.54 Å². The molecular formula is C7H19NS. The van der Waals surface area contributed by atoms with Crippen molar-refractivity contribution in [3.05, 3.63) is 0 Å². The van der Waals surface area contributed by atoms with Crippen LogP contribution in [0.1, 0.15) is 20.8 Å². The molecule has 58 valence electrons. The summed E-state index contributed by atoms with van der Waals surface area (Å²) in [5, 5.41) is 3.08. The highest BCUT2D eigenvalue weighted by Crippen LogP contribution is 1.93. The van der Waals surface area contributed by atoms with Gasteiger partial charge < -0.3 is 5.32 Å². The Kier molecular flexibility index (Phi) is 21.1. The van der Waals surface area contributed by atoms with Crippen molar-refractivity contribution in [2.75, 3.05) is 25.1 Å². The number of hydrogen-bond donors (Lipinski definition) is 1. The van der Waals surface area contributed by atoms with E-state index in [4.69, 9.17) is 0 Å². The van der Waals surface area contributed by atoms with Gasteiger partial charge in [0.25, 0.3) is 0 Å². The molecule has 0 aromatic rings. The molecule has 1 N–H and O–H groups in total. The van der Waals surface area contributed by atoms with Crippen molar-refractivity contribution < 1.29 is 0 Å². The van der Waals surface area contributed by atoms with Gasteiger partial charge in [-0.25, -0.2) is 0 Å². The molecule has 9 heavy (non-hydrogen) atoms. The zero-order valence-electron chi connectivity index (χ0n) is 7.03. The third-order valence-corrected chi connectivity index (χ3v) is 1.60. The van der Waals surface area contributed by atoms with Gasteiger partial charge in [0, 0.05) is 12.3 Å². The number of nitrogens with one attached hydrogen (secondary N) is 1. The first kappa shape index (κ1) is 12.0. The van der Waals surface area contributed by atoms with Gasteiger partial charge in [0.15, 0.2) is 0 Å². The molecule has 0 bridgehead atoms. The lowest BCUT2D eigenvalue weighted by Gasteiger charge is -1.93. The van der Waals surface area contributed by atoms with Crippen LogP contribution in [0.4, 0.5) is 0 Å². The van der Waals surface area contributed by atoms with Gasteiger partial charge >= 0.3 is 0 Å². The van der Waals surface area contributed by atoms with Gasteiger partial charge in [-0.3, -0.25) is 0 Å². The Labute approximate surface area is 63.6 Å². The summed E-state index contributed by atoms with van der Waals surface area (Å²) < 4.78 is 0. The minimum absolute atomic E-state index is 1.14. The van der Waals surface area contributed by atoms with Gasteiger partial charge in [-0.1, -0.05) is 20.8 Å². The second-order valence-corrected chi connectivity index (χ2v) is 2.69. The van der Waals surface area contributed by atoms with Crippen LogP contribution in [0.5, 0.6) is 0 Å². The van der Waals surface area contributed by atoms with E-state index in [2.05, 4.69) is 12.2 Å². The maximum absolute atomic E-state index is 3.08. The fraction of sp³-hybridized carbons (Fsp3) is 1.00. The van der Waals surface area contributed by atoms with Crippen LogP contribution in [0.2, 0.25) is 0 Å². The first-order valence-electron chi connectivity index (χ1n) is 3.64. The monoisotopic (exact) mass is 149 g/mol. The molecule has 0 aliphatic heterocycles. The van der Waals surface area contributed by atoms with Crippen LogP contribution >= 0.6 is 11.8 Å². The summed E-state index contributed by atoms with van der Waals surface area (Å²) in [5.74, 6) is 2.48. The average Bonchev–Trinajstić information content (AvgIpc) is 1.94. The summed E-state index contributed by atoms with van der Waals surface area (Å²) in [6.45, 7) is 7.32. The quantitative estimate of drug-likeness (QED) is 0.613. The largest absolute Gasteiger partial charge is 0.319 e. The maximum Gasteiger partial charge on any atom is 0.00578 e. The molecule has 0 aromatic heterocycles. The maximum atomic E-state index is 3.08. The summed E-state index contributed by atoms with van der Waals surface area (Å²) >= 11 is 1.97. The molecule has 0 spiro atoms. The highest BCUT2D eigenvalue weighted by atomic mass is 32.2. The molecule has 0 heterocycles. The molecule has 1 nitrogen and oxygen atoms in total. The smallest absolute Gasteiger partial charge is 0.00578 e. The van der Waals surface area contributed by atoms with Crippen LogP contribution in [-0.2, 0) is 0 Å². The highest BCUT2D eigenvalue weighted by molar-refractivity contribution is 7.99. The Morgan fingerprint density at radius 3 is 2.22 bits per heavy atom. The first-order chi connectivity index (χ1) is 4.41. The van der Waals surface area contributed by atoms with Crippen molar-refractivity contribution in [3.8, 4) is 0 Å². The zero-order chi connectivity index (χ0) is 7.54. The van der Waals surface area contributed by atoms with E-state index < -0.39 is 0 Å². The molecule has 0 saturated carbocycles. The fourth-order valence-corrected chi connectivity index (χ4v) is 0.956. The van der Waals surface area contributed by atoms with Crippen molar-refractivity contribution >= 4 is 11.8 Å². The number of rotatable bonds is 4. The highest BCUT2D eigenvalue weighted by Gasteiger charge is 1.78. The lowest BCUT2D eigenvalue weighted by Crippen LogP contribution is -2.09. The molecular weight excluding hydrogens is 130 g/mol. The van der Waals surface area contributed by atoms with Gasteiger partial charge in [0.05, 0.1) is 0 Å². The van der Waals surface area contributed by atoms with Crippen molar-refractivity contribution in [2.24, 2.45) is 0 Å². The van der Waals surface area contributed by atoms with Gasteiger partial charge in [0.2, 0.25) is 0 Å². The molecule has 0 rings (SSSR count). The molecule has 0 aliphatic rings. The second kappa shape index (κ2) is 15.7. The summed E-state index contributed by atoms with van der Waals surface area (Å²) in [7, 11) is 1.98. The molecule has 0 fully saturated rings. The van der Waals surface area contributed by atoms with Crippen molar-refractivity contribution in [3.63, 3.8) is 0 Å². The Morgan fingerprint density at radius 1 is 1.33 bits per heavy atom. The zero-order valence-corrected chi connectivity index (χ0v) is 7.85. The van der Waals surface area contributed by atoms with E-state index in [1.807, 2.05) is 32.7 Å². The minimum Gasteiger partial charge on any atom is -0.319 e. The van der Waals surface area contributed by atoms with Gasteiger partial charge in [0.1, 0.15) is 0 Å².